The van der Waals surface area contributed by atoms with E-state index in [2.05, 4.69) is 358 Å². The summed E-state index contributed by atoms with van der Waals surface area (Å²) in [6.07, 6.45) is 0. The summed E-state index contributed by atoms with van der Waals surface area (Å²) < 4.78 is 9.52. The molecule has 0 saturated carbocycles. The van der Waals surface area contributed by atoms with Crippen LogP contribution < -0.4 is 0 Å². The first-order valence-corrected chi connectivity index (χ1v) is 30.2. The van der Waals surface area contributed by atoms with Crippen molar-refractivity contribution in [3.05, 3.63) is 340 Å². The molecule has 423 valence electrons. The minimum Gasteiger partial charge on any atom is -0.309 e. The Hall–Kier alpha value is -11.6. The highest BCUT2D eigenvalue weighted by Crippen LogP contribution is 2.41. The van der Waals surface area contributed by atoms with E-state index in [-0.39, 0.29) is 16.8 Å². The first kappa shape index (κ1) is 55.0. The molecule has 4 nitrogen and oxygen atoms in total. The van der Waals surface area contributed by atoms with Crippen molar-refractivity contribution in [3.63, 3.8) is 0 Å². The van der Waals surface area contributed by atoms with Gasteiger partial charge < -0.3 is 18.3 Å². The maximum Gasteiger partial charge on any atom is 0.0541 e. The topological polar surface area (TPSA) is 19.7 Å². The lowest BCUT2D eigenvalue weighted by atomic mass is 10.0. The van der Waals surface area contributed by atoms with Crippen LogP contribution >= 0.6 is 0 Å². The Kier molecular flexibility index (Phi) is 14.0. The molecule has 0 saturated heterocycles. The number of rotatable bonds is 8. The molecule has 0 unspecified atom stereocenters. The summed E-state index contributed by atoms with van der Waals surface area (Å²) in [5.74, 6) is 0. The van der Waals surface area contributed by atoms with Crippen molar-refractivity contribution in [1.29, 1.82) is 0 Å². The second-order valence-corrected chi connectivity index (χ2v) is 22.8. The fourth-order valence-electron chi connectivity index (χ4n) is 13.7. The normalized spacial score (nSPS) is 11.4. The van der Waals surface area contributed by atoms with Crippen LogP contribution in [0.2, 0.25) is 0 Å². The third-order valence-electron chi connectivity index (χ3n) is 17.9. The first-order chi connectivity index (χ1) is 43.7. The molecular formula is C84H60B2N4-. The molecule has 4 heterocycles. The highest BCUT2D eigenvalue weighted by molar-refractivity contribution is 6.15. The van der Waals surface area contributed by atoms with Gasteiger partial charge in [-0.3, -0.25) is 0 Å². The summed E-state index contributed by atoms with van der Waals surface area (Å²) >= 11 is 0. The Balaban J connectivity index is 0.000000147. The fourth-order valence-corrected chi connectivity index (χ4v) is 13.7. The van der Waals surface area contributed by atoms with Crippen molar-refractivity contribution in [1.82, 2.24) is 18.3 Å². The molecule has 0 N–H and O–H groups in total. The fraction of sp³-hybridized carbons (Fsp3) is 0. The van der Waals surface area contributed by atoms with Crippen LogP contribution in [0.25, 0.3) is 154 Å². The predicted octanol–water partition coefficient (Wildman–Crippen LogP) is 20.6. The Bertz CT molecular complexity index is 5290. The number of fused-ring (bicyclic) bond motifs is 12. The molecular weight excluding hydrogens is 1090 g/mol. The van der Waals surface area contributed by atoms with Crippen molar-refractivity contribution in [2.45, 2.75) is 0 Å². The van der Waals surface area contributed by atoms with Crippen molar-refractivity contribution in [3.8, 4) is 67.3 Å². The van der Waals surface area contributed by atoms with E-state index in [1.165, 1.54) is 154 Å². The van der Waals surface area contributed by atoms with Crippen LogP contribution in [-0.4, -0.2) is 35.1 Å². The van der Waals surface area contributed by atoms with E-state index in [4.69, 9.17) is 0 Å². The summed E-state index contributed by atoms with van der Waals surface area (Å²) in [6.45, 7) is 0. The average Bonchev–Trinajstić information content (AvgIpc) is 1.79. The van der Waals surface area contributed by atoms with E-state index >= 15 is 0 Å². The molecule has 0 aliphatic carbocycles. The van der Waals surface area contributed by atoms with E-state index in [0.717, 1.165) is 0 Å². The molecule has 0 spiro atoms. The lowest BCUT2D eigenvalue weighted by molar-refractivity contribution is 1.18. The molecule has 14 aromatic carbocycles. The molecule has 0 aliphatic rings. The van der Waals surface area contributed by atoms with Gasteiger partial charge in [0.1, 0.15) is 0 Å². The van der Waals surface area contributed by atoms with Crippen molar-refractivity contribution in [2.75, 3.05) is 0 Å². The van der Waals surface area contributed by atoms with Gasteiger partial charge in [0.25, 0.3) is 0 Å². The van der Waals surface area contributed by atoms with E-state index in [9.17, 15) is 0 Å². The smallest absolute Gasteiger partial charge is 0.0541 e. The van der Waals surface area contributed by atoms with Gasteiger partial charge in [0.05, 0.1) is 44.1 Å². The molecule has 0 atom stereocenters. The number of hydrogen-bond acceptors (Lipinski definition) is 0. The zero-order valence-corrected chi connectivity index (χ0v) is 48.7. The van der Waals surface area contributed by atoms with Gasteiger partial charge in [-0.25, -0.2) is 0 Å². The van der Waals surface area contributed by atoms with E-state index in [1.54, 1.807) is 0 Å². The zero-order chi connectivity index (χ0) is 58.1. The van der Waals surface area contributed by atoms with E-state index in [0.29, 0.717) is 0 Å². The number of hydrogen-bond donors (Lipinski definition) is 0. The summed E-state index contributed by atoms with van der Waals surface area (Å²) in [6, 6.07) is 123. The van der Waals surface area contributed by atoms with Gasteiger partial charge >= 0.3 is 0 Å². The summed E-state index contributed by atoms with van der Waals surface area (Å²) in [5.41, 5.74) is 24.2. The predicted molar refractivity (Wildman–Crippen MR) is 389 cm³/mol. The van der Waals surface area contributed by atoms with Crippen LogP contribution in [0.1, 0.15) is 0 Å². The van der Waals surface area contributed by atoms with Gasteiger partial charge in [-0.1, -0.05) is 227 Å². The number of benzene rings is 14. The molecule has 4 aromatic heterocycles. The Morgan fingerprint density at radius 1 is 0.144 bits per heavy atom. The number of aromatic nitrogens is 4. The third kappa shape index (κ3) is 9.28. The standard InChI is InChI=1S/2C42H28N2.BH4.B/c2*1-3-11-29(12-4-1)30-19-23-34(24-20-30)44-40-18-10-8-16-36(40)38-28-32(22-26-42(38)44)31-21-25-41-37(27-31)35-15-7-9-17-39(35)43(41)33-13-5-2-6-14-33;;/h2*1-28H;1H4;/q;;-1;. The largest absolute Gasteiger partial charge is 0.309 e. The highest BCUT2D eigenvalue weighted by Gasteiger charge is 2.19. The summed E-state index contributed by atoms with van der Waals surface area (Å²) in [5, 5.41) is 10.1. The molecule has 3 radical (unpaired) electrons. The van der Waals surface area contributed by atoms with Crippen LogP contribution in [0.4, 0.5) is 0 Å². The third-order valence-corrected chi connectivity index (χ3v) is 17.9. The SMILES string of the molecule is [BH4-].[B].c1ccc(-c2ccc(-n3c4ccccc4c4cc(-c5ccc6c(c5)c5ccccc5n6-c5ccccc5)ccc43)cc2)cc1.c1ccc(-c2ccc(-n3c4ccccc4c4cc(-c5ccc6c(c5)c5ccccc5n6-c5ccccc5)ccc43)cc2)cc1. The maximum atomic E-state index is 2.39. The molecule has 0 aliphatic heterocycles. The van der Waals surface area contributed by atoms with E-state index in [1.807, 2.05) is 0 Å². The van der Waals surface area contributed by atoms with Crippen LogP contribution in [0.3, 0.4) is 0 Å². The molecule has 90 heavy (non-hydrogen) atoms. The molecule has 18 rings (SSSR count). The Morgan fingerprint density at radius 2 is 0.333 bits per heavy atom. The van der Waals surface area contributed by atoms with Gasteiger partial charge in [-0.15, -0.1) is 0 Å². The van der Waals surface area contributed by atoms with Crippen LogP contribution in [0.15, 0.2) is 340 Å². The number of para-hydroxylation sites is 6. The second-order valence-electron chi connectivity index (χ2n) is 22.8. The minimum atomic E-state index is 0. The minimum absolute atomic E-state index is 0. The lowest BCUT2D eigenvalue weighted by Crippen LogP contribution is -1.93. The molecule has 0 fully saturated rings. The van der Waals surface area contributed by atoms with Crippen molar-refractivity contribution >= 4 is 104 Å². The molecule has 18 aromatic rings. The molecule has 0 bridgehead atoms. The van der Waals surface area contributed by atoms with Gasteiger partial charge in [0.2, 0.25) is 0 Å². The zero-order valence-electron chi connectivity index (χ0n) is 48.7. The number of nitrogens with zero attached hydrogens (tertiary/aromatic N) is 4. The van der Waals surface area contributed by atoms with Gasteiger partial charge in [0.15, 0.2) is 0 Å². The Morgan fingerprint density at radius 3 is 0.600 bits per heavy atom. The van der Waals surface area contributed by atoms with Crippen molar-refractivity contribution < 1.29 is 0 Å². The van der Waals surface area contributed by atoms with Crippen molar-refractivity contribution in [2.24, 2.45) is 0 Å². The second kappa shape index (κ2) is 22.9. The maximum absolute atomic E-state index is 2.39. The van der Waals surface area contributed by atoms with Crippen LogP contribution in [-0.2, 0) is 0 Å². The summed E-state index contributed by atoms with van der Waals surface area (Å²) in [4.78, 5) is 0. The monoisotopic (exact) mass is 1150 g/mol. The summed E-state index contributed by atoms with van der Waals surface area (Å²) in [7, 11) is 0. The van der Waals surface area contributed by atoms with Gasteiger partial charge in [-0.2, -0.15) is 0 Å². The van der Waals surface area contributed by atoms with Crippen LogP contribution in [0, 0.1) is 0 Å². The van der Waals surface area contributed by atoms with Crippen LogP contribution in [0.5, 0.6) is 0 Å². The Labute approximate surface area is 526 Å². The lowest BCUT2D eigenvalue weighted by Gasteiger charge is -2.10. The molecule has 0 amide bonds. The van der Waals surface area contributed by atoms with E-state index < -0.39 is 0 Å². The van der Waals surface area contributed by atoms with Gasteiger partial charge in [-0.05, 0) is 166 Å². The highest BCUT2D eigenvalue weighted by atomic mass is 15.0. The average molecular weight is 1150 g/mol. The van der Waals surface area contributed by atoms with Gasteiger partial charge in [0, 0.05) is 74.3 Å². The quantitative estimate of drug-likeness (QED) is 0.135. The first-order valence-electron chi connectivity index (χ1n) is 30.2. The molecule has 6 heteroatoms.